The van der Waals surface area contributed by atoms with Crippen molar-refractivity contribution in [3.63, 3.8) is 0 Å². The number of hydrogen-bond donors (Lipinski definition) is 2. The molecule has 1 aliphatic carbocycles. The summed E-state index contributed by atoms with van der Waals surface area (Å²) in [5, 5.41) is 6.06. The molecule has 0 bridgehead atoms. The Morgan fingerprint density at radius 3 is 2.50 bits per heavy atom. The number of carbonyl (C=O) groups is 1. The Bertz CT molecular complexity index is 220. The highest BCUT2D eigenvalue weighted by atomic mass is 16.6. The van der Waals surface area contributed by atoms with E-state index in [1.165, 1.54) is 19.3 Å². The lowest BCUT2D eigenvalue weighted by Gasteiger charge is -2.25. The van der Waals surface area contributed by atoms with Gasteiger partial charge < -0.3 is 15.4 Å². The molecule has 0 heterocycles. The molecule has 0 saturated heterocycles. The van der Waals surface area contributed by atoms with Crippen LogP contribution in [0, 0.1) is 5.92 Å². The number of nitrogens with one attached hydrogen (secondary N) is 2. The van der Waals surface area contributed by atoms with Gasteiger partial charge in [0.15, 0.2) is 0 Å². The molecule has 2 N–H and O–H groups in total. The minimum Gasteiger partial charge on any atom is -0.444 e. The minimum atomic E-state index is -0.413. The van der Waals surface area contributed by atoms with Crippen molar-refractivity contribution in [2.24, 2.45) is 5.92 Å². The van der Waals surface area contributed by atoms with E-state index in [1.54, 1.807) is 0 Å². The first-order valence-corrected chi connectivity index (χ1v) is 6.15. The second-order valence-corrected chi connectivity index (χ2v) is 5.43. The summed E-state index contributed by atoms with van der Waals surface area (Å²) in [5.74, 6) is 0.863. The summed E-state index contributed by atoms with van der Waals surface area (Å²) in [6, 6.07) is 0. The molecule has 1 amide bonds. The molecule has 0 aromatic carbocycles. The first kappa shape index (κ1) is 13.3. The van der Waals surface area contributed by atoms with Crippen LogP contribution in [0.25, 0.3) is 0 Å². The topological polar surface area (TPSA) is 50.4 Å². The van der Waals surface area contributed by atoms with Gasteiger partial charge in [0, 0.05) is 13.1 Å². The standard InChI is InChI=1S/C12H24N2O2/c1-12(2,3)16-11(15)14-8-7-13-9-10-5-4-6-10/h10,13H,4-9H2,1-3H3,(H,14,15). The minimum absolute atomic E-state index is 0.335. The van der Waals surface area contributed by atoms with E-state index < -0.39 is 5.60 Å². The van der Waals surface area contributed by atoms with E-state index in [0.29, 0.717) is 6.54 Å². The van der Waals surface area contributed by atoms with Gasteiger partial charge in [-0.05, 0) is 46.1 Å². The lowest BCUT2D eigenvalue weighted by Crippen LogP contribution is -2.38. The summed E-state index contributed by atoms with van der Waals surface area (Å²) in [6.45, 7) is 8.11. The molecular weight excluding hydrogens is 204 g/mol. The fourth-order valence-electron chi connectivity index (χ4n) is 1.57. The predicted octanol–water partition coefficient (Wildman–Crippen LogP) is 1.90. The molecule has 0 aromatic heterocycles. The van der Waals surface area contributed by atoms with Crippen molar-refractivity contribution in [2.45, 2.75) is 45.6 Å². The van der Waals surface area contributed by atoms with E-state index in [0.717, 1.165) is 19.0 Å². The van der Waals surface area contributed by atoms with Crippen LogP contribution in [0.5, 0.6) is 0 Å². The zero-order valence-corrected chi connectivity index (χ0v) is 10.6. The Hall–Kier alpha value is -0.770. The van der Waals surface area contributed by atoms with Crippen molar-refractivity contribution >= 4 is 6.09 Å². The van der Waals surface area contributed by atoms with Crippen molar-refractivity contribution in [1.29, 1.82) is 0 Å². The number of rotatable bonds is 5. The highest BCUT2D eigenvalue weighted by Gasteiger charge is 2.17. The van der Waals surface area contributed by atoms with E-state index in [2.05, 4.69) is 10.6 Å². The maximum absolute atomic E-state index is 11.3. The highest BCUT2D eigenvalue weighted by molar-refractivity contribution is 5.67. The van der Waals surface area contributed by atoms with Crippen molar-refractivity contribution in [1.82, 2.24) is 10.6 Å². The van der Waals surface area contributed by atoms with Crippen LogP contribution in [-0.2, 0) is 4.74 Å². The Balaban J connectivity index is 1.91. The molecule has 0 radical (unpaired) electrons. The molecule has 0 unspecified atom stereocenters. The first-order chi connectivity index (χ1) is 7.47. The molecule has 1 fully saturated rings. The maximum Gasteiger partial charge on any atom is 0.407 e. The van der Waals surface area contributed by atoms with Gasteiger partial charge in [0.25, 0.3) is 0 Å². The molecule has 4 heteroatoms. The lowest BCUT2D eigenvalue weighted by atomic mass is 9.85. The van der Waals surface area contributed by atoms with E-state index in [9.17, 15) is 4.79 Å². The van der Waals surface area contributed by atoms with Crippen molar-refractivity contribution < 1.29 is 9.53 Å². The molecule has 1 aliphatic rings. The first-order valence-electron chi connectivity index (χ1n) is 6.15. The molecule has 0 atom stereocenters. The number of alkyl carbamates (subject to hydrolysis) is 1. The quantitative estimate of drug-likeness (QED) is 0.707. The van der Waals surface area contributed by atoms with E-state index in [-0.39, 0.29) is 6.09 Å². The monoisotopic (exact) mass is 228 g/mol. The van der Waals surface area contributed by atoms with Crippen LogP contribution in [0.4, 0.5) is 4.79 Å². The number of amides is 1. The molecule has 0 aliphatic heterocycles. The average Bonchev–Trinajstić information content (AvgIpc) is 2.04. The van der Waals surface area contributed by atoms with Crippen LogP contribution in [0.15, 0.2) is 0 Å². The summed E-state index contributed by atoms with van der Waals surface area (Å²) in [6.07, 6.45) is 3.75. The average molecular weight is 228 g/mol. The largest absolute Gasteiger partial charge is 0.444 e. The molecule has 16 heavy (non-hydrogen) atoms. The summed E-state index contributed by atoms with van der Waals surface area (Å²) >= 11 is 0. The van der Waals surface area contributed by atoms with Gasteiger partial charge in [0.2, 0.25) is 0 Å². The summed E-state index contributed by atoms with van der Waals surface area (Å²) in [7, 11) is 0. The Kier molecular flexibility index (Phi) is 5.06. The van der Waals surface area contributed by atoms with Gasteiger partial charge in [-0.1, -0.05) is 6.42 Å². The summed E-state index contributed by atoms with van der Waals surface area (Å²) < 4.78 is 5.12. The normalized spacial score (nSPS) is 16.7. The van der Waals surface area contributed by atoms with Crippen molar-refractivity contribution in [3.8, 4) is 0 Å². The van der Waals surface area contributed by atoms with E-state index >= 15 is 0 Å². The Labute approximate surface area is 98.1 Å². The van der Waals surface area contributed by atoms with Crippen LogP contribution in [-0.4, -0.2) is 31.3 Å². The van der Waals surface area contributed by atoms with Gasteiger partial charge >= 0.3 is 6.09 Å². The molecule has 0 spiro atoms. The number of ether oxygens (including phenoxy) is 1. The molecule has 1 rings (SSSR count). The van der Waals surface area contributed by atoms with Crippen LogP contribution >= 0.6 is 0 Å². The second kappa shape index (κ2) is 6.09. The van der Waals surface area contributed by atoms with Gasteiger partial charge in [-0.25, -0.2) is 4.79 Å². The second-order valence-electron chi connectivity index (χ2n) is 5.43. The van der Waals surface area contributed by atoms with Crippen molar-refractivity contribution in [3.05, 3.63) is 0 Å². The van der Waals surface area contributed by atoms with E-state index in [4.69, 9.17) is 4.74 Å². The lowest BCUT2D eigenvalue weighted by molar-refractivity contribution is 0.0528. The van der Waals surface area contributed by atoms with Crippen LogP contribution in [0.3, 0.4) is 0 Å². The molecule has 0 aromatic rings. The SMILES string of the molecule is CC(C)(C)OC(=O)NCCNCC1CCC1. The molecule has 4 nitrogen and oxygen atoms in total. The maximum atomic E-state index is 11.3. The van der Waals surface area contributed by atoms with E-state index in [1.807, 2.05) is 20.8 Å². The summed E-state index contributed by atoms with van der Waals surface area (Å²) in [4.78, 5) is 11.3. The molecule has 1 saturated carbocycles. The smallest absolute Gasteiger partial charge is 0.407 e. The Morgan fingerprint density at radius 2 is 2.00 bits per heavy atom. The summed E-state index contributed by atoms with van der Waals surface area (Å²) in [5.41, 5.74) is -0.413. The van der Waals surface area contributed by atoms with Gasteiger partial charge in [-0.3, -0.25) is 0 Å². The third-order valence-electron chi connectivity index (χ3n) is 2.63. The predicted molar refractivity (Wildman–Crippen MR) is 64.4 cm³/mol. The van der Waals surface area contributed by atoms with Gasteiger partial charge in [0.05, 0.1) is 0 Å². The molecular formula is C12H24N2O2. The van der Waals surface area contributed by atoms with Crippen LogP contribution < -0.4 is 10.6 Å². The number of carbonyl (C=O) groups excluding carboxylic acids is 1. The van der Waals surface area contributed by atoms with Gasteiger partial charge in [-0.15, -0.1) is 0 Å². The zero-order chi connectivity index (χ0) is 12.0. The van der Waals surface area contributed by atoms with Gasteiger partial charge in [-0.2, -0.15) is 0 Å². The number of hydrogen-bond acceptors (Lipinski definition) is 3. The van der Waals surface area contributed by atoms with Crippen LogP contribution in [0.2, 0.25) is 0 Å². The fourth-order valence-corrected chi connectivity index (χ4v) is 1.57. The highest BCUT2D eigenvalue weighted by Crippen LogP contribution is 2.24. The Morgan fingerprint density at radius 1 is 1.31 bits per heavy atom. The van der Waals surface area contributed by atoms with Gasteiger partial charge in [0.1, 0.15) is 5.60 Å². The van der Waals surface area contributed by atoms with Crippen LogP contribution in [0.1, 0.15) is 40.0 Å². The molecule has 94 valence electrons. The van der Waals surface area contributed by atoms with Crippen molar-refractivity contribution in [2.75, 3.05) is 19.6 Å². The third kappa shape index (κ3) is 5.95. The fraction of sp³-hybridized carbons (Fsp3) is 0.917. The third-order valence-corrected chi connectivity index (χ3v) is 2.63. The zero-order valence-electron chi connectivity index (χ0n) is 10.6.